The smallest absolute Gasteiger partial charge is 0.220 e. The number of nitrogens with one attached hydrogen (secondary N) is 2. The minimum absolute atomic E-state index is 0. The number of Topliss-reactive ketones (excluding diaryl/α,β-unsaturated/α-hetero) is 1. The number of hydrogen-bond acceptors (Lipinski definition) is 4. The van der Waals surface area contributed by atoms with Crippen molar-refractivity contribution in [2.75, 3.05) is 13.2 Å². The zero-order valence-corrected chi connectivity index (χ0v) is 17.3. The normalized spacial score (nSPS) is 19.0. The van der Waals surface area contributed by atoms with E-state index in [1.165, 1.54) is 6.42 Å². The molecule has 0 aromatic heterocycles. The summed E-state index contributed by atoms with van der Waals surface area (Å²) in [7, 11) is 0. The SMILES string of the molecule is CCCCCOc1ccc(C(=O)CCC(=O)NC2CCNC(C)C2)cc1.Cl. The minimum atomic E-state index is -0.0340. The molecule has 1 amide bonds. The van der Waals surface area contributed by atoms with Gasteiger partial charge in [-0.15, -0.1) is 12.4 Å². The molecule has 1 aromatic carbocycles. The summed E-state index contributed by atoms with van der Waals surface area (Å²) in [6.07, 6.45) is 5.75. The van der Waals surface area contributed by atoms with E-state index in [0.29, 0.717) is 18.2 Å². The lowest BCUT2D eigenvalue weighted by Crippen LogP contribution is -2.46. The van der Waals surface area contributed by atoms with E-state index in [4.69, 9.17) is 4.74 Å². The van der Waals surface area contributed by atoms with Gasteiger partial charge in [0.1, 0.15) is 5.75 Å². The largest absolute Gasteiger partial charge is 0.494 e. The molecule has 2 N–H and O–H groups in total. The van der Waals surface area contributed by atoms with Crippen LogP contribution in [0.3, 0.4) is 0 Å². The van der Waals surface area contributed by atoms with Crippen LogP contribution in [-0.2, 0) is 4.79 Å². The fourth-order valence-electron chi connectivity index (χ4n) is 3.21. The van der Waals surface area contributed by atoms with Crippen LogP contribution in [-0.4, -0.2) is 36.9 Å². The van der Waals surface area contributed by atoms with Gasteiger partial charge in [-0.2, -0.15) is 0 Å². The van der Waals surface area contributed by atoms with Crippen molar-refractivity contribution in [1.29, 1.82) is 0 Å². The van der Waals surface area contributed by atoms with Crippen LogP contribution in [0.1, 0.15) is 69.2 Å². The second kappa shape index (κ2) is 12.7. The van der Waals surface area contributed by atoms with Gasteiger partial charge in [-0.1, -0.05) is 19.8 Å². The third kappa shape index (κ3) is 8.76. The first kappa shape index (κ1) is 23.4. The number of hydrogen-bond donors (Lipinski definition) is 2. The first-order valence-corrected chi connectivity index (χ1v) is 9.87. The van der Waals surface area contributed by atoms with Crippen molar-refractivity contribution in [3.8, 4) is 5.75 Å². The molecule has 0 spiro atoms. The van der Waals surface area contributed by atoms with Crippen LogP contribution in [0, 0.1) is 0 Å². The maximum Gasteiger partial charge on any atom is 0.220 e. The highest BCUT2D eigenvalue weighted by Gasteiger charge is 2.20. The molecule has 0 aliphatic carbocycles. The van der Waals surface area contributed by atoms with Gasteiger partial charge < -0.3 is 15.4 Å². The lowest BCUT2D eigenvalue weighted by Gasteiger charge is -2.28. The summed E-state index contributed by atoms with van der Waals surface area (Å²) >= 11 is 0. The monoisotopic (exact) mass is 396 g/mol. The van der Waals surface area contributed by atoms with E-state index in [0.717, 1.165) is 38.0 Å². The number of halogens is 1. The first-order valence-electron chi connectivity index (χ1n) is 9.87. The minimum Gasteiger partial charge on any atom is -0.494 e. The van der Waals surface area contributed by atoms with Crippen molar-refractivity contribution in [3.05, 3.63) is 29.8 Å². The molecular weight excluding hydrogens is 364 g/mol. The predicted octanol–water partition coefficient (Wildman–Crippen LogP) is 3.90. The fourth-order valence-corrected chi connectivity index (χ4v) is 3.21. The quantitative estimate of drug-likeness (QED) is 0.465. The van der Waals surface area contributed by atoms with E-state index >= 15 is 0 Å². The fraction of sp³-hybridized carbons (Fsp3) is 0.619. The van der Waals surface area contributed by atoms with Crippen LogP contribution in [0.25, 0.3) is 0 Å². The number of carbonyl (C=O) groups excluding carboxylic acids is 2. The molecule has 1 saturated heterocycles. The Kier molecular flexibility index (Phi) is 11.1. The lowest BCUT2D eigenvalue weighted by molar-refractivity contribution is -0.122. The maximum atomic E-state index is 12.3. The second-order valence-electron chi connectivity index (χ2n) is 7.15. The Bertz CT molecular complexity index is 577. The number of amides is 1. The molecule has 2 rings (SSSR count). The molecule has 5 nitrogen and oxygen atoms in total. The van der Waals surface area contributed by atoms with Crippen LogP contribution >= 0.6 is 12.4 Å². The van der Waals surface area contributed by atoms with Crippen LogP contribution in [0.15, 0.2) is 24.3 Å². The summed E-state index contributed by atoms with van der Waals surface area (Å²) < 4.78 is 5.65. The van der Waals surface area contributed by atoms with Crippen molar-refractivity contribution in [3.63, 3.8) is 0 Å². The number of ether oxygens (including phenoxy) is 1. The van der Waals surface area contributed by atoms with Gasteiger partial charge >= 0.3 is 0 Å². The lowest BCUT2D eigenvalue weighted by atomic mass is 10.00. The number of rotatable bonds is 10. The number of ketones is 1. The van der Waals surface area contributed by atoms with E-state index in [-0.39, 0.29) is 43.0 Å². The highest BCUT2D eigenvalue weighted by atomic mass is 35.5. The molecular formula is C21H33ClN2O3. The molecule has 1 aromatic rings. The molecule has 6 heteroatoms. The zero-order chi connectivity index (χ0) is 18.8. The molecule has 1 aliphatic heterocycles. The standard InChI is InChI=1S/C21H32N2O3.ClH/c1-3-4-5-14-26-19-8-6-17(7-9-19)20(24)10-11-21(25)23-18-12-13-22-16(2)15-18;/h6-9,16,18,22H,3-5,10-15H2,1-2H3,(H,23,25);1H. The first-order chi connectivity index (χ1) is 12.6. The number of piperidine rings is 1. The summed E-state index contributed by atoms with van der Waals surface area (Å²) in [5.74, 6) is 0.750. The Morgan fingerprint density at radius 1 is 1.19 bits per heavy atom. The van der Waals surface area contributed by atoms with Crippen LogP contribution in [0.5, 0.6) is 5.75 Å². The van der Waals surface area contributed by atoms with Gasteiger partial charge in [-0.25, -0.2) is 0 Å². The third-order valence-corrected chi connectivity index (χ3v) is 4.76. The third-order valence-electron chi connectivity index (χ3n) is 4.76. The number of unbranched alkanes of at least 4 members (excludes halogenated alkanes) is 2. The van der Waals surface area contributed by atoms with Crippen molar-refractivity contribution in [2.45, 2.75) is 70.9 Å². The van der Waals surface area contributed by atoms with Gasteiger partial charge in [-0.3, -0.25) is 9.59 Å². The van der Waals surface area contributed by atoms with Crippen molar-refractivity contribution in [1.82, 2.24) is 10.6 Å². The van der Waals surface area contributed by atoms with Crippen LogP contribution in [0.4, 0.5) is 0 Å². The molecule has 0 bridgehead atoms. The number of carbonyl (C=O) groups is 2. The highest BCUT2D eigenvalue weighted by Crippen LogP contribution is 2.15. The van der Waals surface area contributed by atoms with Gasteiger partial charge in [0.2, 0.25) is 5.91 Å². The van der Waals surface area contributed by atoms with Gasteiger partial charge in [0, 0.05) is 30.5 Å². The molecule has 1 heterocycles. The number of benzene rings is 1. The molecule has 1 aliphatic rings. The maximum absolute atomic E-state index is 12.3. The summed E-state index contributed by atoms with van der Waals surface area (Å²) in [5, 5.41) is 6.41. The summed E-state index contributed by atoms with van der Waals surface area (Å²) in [6.45, 7) is 5.92. The topological polar surface area (TPSA) is 67.4 Å². The molecule has 152 valence electrons. The Hall–Kier alpha value is -1.59. The average molecular weight is 397 g/mol. The van der Waals surface area contributed by atoms with E-state index < -0.39 is 0 Å². The van der Waals surface area contributed by atoms with Gasteiger partial charge in [-0.05, 0) is 57.0 Å². The summed E-state index contributed by atoms with van der Waals surface area (Å²) in [4.78, 5) is 24.3. The Morgan fingerprint density at radius 3 is 2.59 bits per heavy atom. The second-order valence-corrected chi connectivity index (χ2v) is 7.15. The van der Waals surface area contributed by atoms with E-state index in [2.05, 4.69) is 24.5 Å². The summed E-state index contributed by atoms with van der Waals surface area (Å²) in [5.41, 5.74) is 0.634. The Labute approximate surface area is 169 Å². The van der Waals surface area contributed by atoms with Crippen LogP contribution < -0.4 is 15.4 Å². The van der Waals surface area contributed by atoms with Gasteiger partial charge in [0.05, 0.1) is 6.61 Å². The molecule has 2 atom stereocenters. The van der Waals surface area contributed by atoms with E-state index in [9.17, 15) is 9.59 Å². The molecule has 2 unspecified atom stereocenters. The Morgan fingerprint density at radius 2 is 1.93 bits per heavy atom. The Balaban J connectivity index is 0.00000364. The van der Waals surface area contributed by atoms with Crippen molar-refractivity contribution >= 4 is 24.1 Å². The molecule has 27 heavy (non-hydrogen) atoms. The average Bonchev–Trinajstić information content (AvgIpc) is 2.64. The van der Waals surface area contributed by atoms with Crippen LogP contribution in [0.2, 0.25) is 0 Å². The van der Waals surface area contributed by atoms with E-state index in [1.807, 2.05) is 12.1 Å². The predicted molar refractivity (Wildman–Crippen MR) is 111 cm³/mol. The molecule has 0 radical (unpaired) electrons. The zero-order valence-electron chi connectivity index (χ0n) is 16.5. The van der Waals surface area contributed by atoms with E-state index in [1.54, 1.807) is 12.1 Å². The van der Waals surface area contributed by atoms with Crippen molar-refractivity contribution < 1.29 is 14.3 Å². The molecule has 0 saturated carbocycles. The highest BCUT2D eigenvalue weighted by molar-refractivity contribution is 5.98. The van der Waals surface area contributed by atoms with Crippen molar-refractivity contribution in [2.24, 2.45) is 0 Å². The molecule has 1 fully saturated rings. The summed E-state index contributed by atoms with van der Waals surface area (Å²) in [6, 6.07) is 7.87. The van der Waals surface area contributed by atoms with Gasteiger partial charge in [0.25, 0.3) is 0 Å². The van der Waals surface area contributed by atoms with Gasteiger partial charge in [0.15, 0.2) is 5.78 Å².